The summed E-state index contributed by atoms with van der Waals surface area (Å²) in [7, 11) is 0. The zero-order valence-electron chi connectivity index (χ0n) is 15.8. The van der Waals surface area contributed by atoms with Gasteiger partial charge in [0.1, 0.15) is 11.5 Å². The summed E-state index contributed by atoms with van der Waals surface area (Å²) in [4.78, 5) is 16.6. The molecule has 0 spiro atoms. The molecule has 144 valence electrons. The lowest BCUT2D eigenvalue weighted by Crippen LogP contribution is -2.49. The summed E-state index contributed by atoms with van der Waals surface area (Å²) < 4.78 is 11.1. The van der Waals surface area contributed by atoms with Gasteiger partial charge < -0.3 is 14.4 Å². The van der Waals surface area contributed by atoms with E-state index in [4.69, 9.17) is 14.7 Å². The third-order valence-corrected chi connectivity index (χ3v) is 5.23. The van der Waals surface area contributed by atoms with Crippen LogP contribution in [0.25, 0.3) is 0 Å². The molecule has 2 aromatic carbocycles. The van der Waals surface area contributed by atoms with Gasteiger partial charge in [0.2, 0.25) is 0 Å². The minimum atomic E-state index is -0.00121. The Morgan fingerprint density at radius 2 is 1.89 bits per heavy atom. The number of carbonyl (C=O) groups is 1. The average Bonchev–Trinajstić information content (AvgIpc) is 3.21. The van der Waals surface area contributed by atoms with E-state index in [1.807, 2.05) is 4.90 Å². The molecule has 1 saturated heterocycles. The van der Waals surface area contributed by atoms with Crippen molar-refractivity contribution in [3.63, 3.8) is 0 Å². The van der Waals surface area contributed by atoms with Crippen molar-refractivity contribution in [3.05, 3.63) is 59.2 Å². The van der Waals surface area contributed by atoms with Crippen LogP contribution in [0.3, 0.4) is 0 Å². The minimum absolute atomic E-state index is 0.00121. The van der Waals surface area contributed by atoms with Gasteiger partial charge in [0.25, 0.3) is 5.91 Å². The zero-order chi connectivity index (χ0) is 19.3. The van der Waals surface area contributed by atoms with Crippen molar-refractivity contribution < 1.29 is 14.3 Å². The number of amides is 1. The van der Waals surface area contributed by atoms with Crippen molar-refractivity contribution in [1.82, 2.24) is 9.80 Å². The van der Waals surface area contributed by atoms with Crippen LogP contribution < -0.4 is 9.47 Å². The van der Waals surface area contributed by atoms with Crippen LogP contribution in [0.15, 0.2) is 42.5 Å². The first kappa shape index (κ1) is 18.3. The topological polar surface area (TPSA) is 65.8 Å². The molecule has 28 heavy (non-hydrogen) atoms. The predicted octanol–water partition coefficient (Wildman–Crippen LogP) is 2.22. The fourth-order valence-electron chi connectivity index (χ4n) is 3.61. The molecule has 0 aromatic heterocycles. The number of ether oxygens (including phenoxy) is 2. The second kappa shape index (κ2) is 8.32. The van der Waals surface area contributed by atoms with Crippen LogP contribution in [0.2, 0.25) is 0 Å². The van der Waals surface area contributed by atoms with E-state index in [9.17, 15) is 4.79 Å². The summed E-state index contributed by atoms with van der Waals surface area (Å²) in [5.74, 6) is 1.62. The summed E-state index contributed by atoms with van der Waals surface area (Å²) in [6, 6.07) is 15.3. The van der Waals surface area contributed by atoms with E-state index in [1.54, 1.807) is 24.3 Å². The van der Waals surface area contributed by atoms with Crippen molar-refractivity contribution in [1.29, 1.82) is 5.26 Å². The minimum Gasteiger partial charge on any atom is -0.493 e. The van der Waals surface area contributed by atoms with Crippen LogP contribution in [0.5, 0.6) is 11.5 Å². The maximum Gasteiger partial charge on any atom is 0.260 e. The number of nitrogens with zero attached hydrogens (tertiary/aromatic N) is 3. The van der Waals surface area contributed by atoms with E-state index < -0.39 is 0 Å². The van der Waals surface area contributed by atoms with Gasteiger partial charge in [-0.05, 0) is 41.5 Å². The van der Waals surface area contributed by atoms with E-state index in [0.29, 0.717) is 24.4 Å². The molecule has 1 fully saturated rings. The van der Waals surface area contributed by atoms with E-state index in [0.717, 1.165) is 38.4 Å². The highest BCUT2D eigenvalue weighted by Crippen LogP contribution is 2.26. The molecule has 0 N–H and O–H groups in total. The zero-order valence-corrected chi connectivity index (χ0v) is 15.8. The van der Waals surface area contributed by atoms with Gasteiger partial charge in [0.05, 0.1) is 18.2 Å². The first-order valence-electron chi connectivity index (χ1n) is 9.59. The summed E-state index contributed by atoms with van der Waals surface area (Å²) in [5, 5.41) is 8.81. The normalized spacial score (nSPS) is 16.2. The molecule has 0 saturated carbocycles. The molecule has 2 aliphatic rings. The number of piperazine rings is 1. The number of benzene rings is 2. The van der Waals surface area contributed by atoms with Gasteiger partial charge >= 0.3 is 0 Å². The molecule has 1 amide bonds. The summed E-state index contributed by atoms with van der Waals surface area (Å²) in [5.41, 5.74) is 3.17. The Morgan fingerprint density at radius 3 is 2.64 bits per heavy atom. The van der Waals surface area contributed by atoms with Gasteiger partial charge in [-0.3, -0.25) is 9.69 Å². The molecule has 2 aliphatic heterocycles. The quantitative estimate of drug-likeness (QED) is 0.799. The Hall–Kier alpha value is -3.04. The number of hydrogen-bond donors (Lipinski definition) is 0. The summed E-state index contributed by atoms with van der Waals surface area (Å²) in [6.45, 7) is 4.84. The smallest absolute Gasteiger partial charge is 0.260 e. The van der Waals surface area contributed by atoms with E-state index in [1.165, 1.54) is 11.1 Å². The summed E-state index contributed by atoms with van der Waals surface area (Å²) >= 11 is 0. The van der Waals surface area contributed by atoms with Gasteiger partial charge in [-0.1, -0.05) is 12.1 Å². The lowest BCUT2D eigenvalue weighted by atomic mass is 10.1. The molecular formula is C22H23N3O3. The SMILES string of the molecule is N#Cc1ccc(OCC(=O)N2CCN(Cc3ccc4c(c3)CCO4)CC2)cc1. The van der Waals surface area contributed by atoms with Gasteiger partial charge in [-0.15, -0.1) is 0 Å². The van der Waals surface area contributed by atoms with Gasteiger partial charge in [-0.25, -0.2) is 0 Å². The number of rotatable bonds is 5. The third kappa shape index (κ3) is 4.26. The van der Waals surface area contributed by atoms with Gasteiger partial charge in [-0.2, -0.15) is 5.26 Å². The van der Waals surface area contributed by atoms with Crippen molar-refractivity contribution in [2.75, 3.05) is 39.4 Å². The molecule has 0 atom stereocenters. The van der Waals surface area contributed by atoms with Crippen LogP contribution in [0.1, 0.15) is 16.7 Å². The van der Waals surface area contributed by atoms with Crippen LogP contribution in [0.4, 0.5) is 0 Å². The highest BCUT2D eigenvalue weighted by molar-refractivity contribution is 5.77. The fraction of sp³-hybridized carbons (Fsp3) is 0.364. The second-order valence-electron chi connectivity index (χ2n) is 7.12. The molecule has 0 radical (unpaired) electrons. The largest absolute Gasteiger partial charge is 0.493 e. The molecule has 2 aromatic rings. The molecule has 6 nitrogen and oxygen atoms in total. The first-order valence-corrected chi connectivity index (χ1v) is 9.59. The van der Waals surface area contributed by atoms with Crippen LogP contribution in [0, 0.1) is 11.3 Å². The molecule has 0 bridgehead atoms. The average molecular weight is 377 g/mol. The Balaban J connectivity index is 1.23. The fourth-order valence-corrected chi connectivity index (χ4v) is 3.61. The molecule has 2 heterocycles. The highest BCUT2D eigenvalue weighted by Gasteiger charge is 2.22. The van der Waals surface area contributed by atoms with Crippen molar-refractivity contribution in [2.24, 2.45) is 0 Å². The Kier molecular flexibility index (Phi) is 5.45. The van der Waals surface area contributed by atoms with Crippen molar-refractivity contribution in [2.45, 2.75) is 13.0 Å². The number of hydrogen-bond acceptors (Lipinski definition) is 5. The standard InChI is InChI=1S/C22H23N3O3/c23-14-17-1-4-20(5-2-17)28-16-22(26)25-10-8-24(9-11-25)15-18-3-6-21-19(13-18)7-12-27-21/h1-6,13H,7-12,15-16H2. The van der Waals surface area contributed by atoms with E-state index >= 15 is 0 Å². The number of fused-ring (bicyclic) bond motifs is 1. The Bertz CT molecular complexity index is 881. The molecule has 0 aliphatic carbocycles. The Labute approximate surface area is 164 Å². The molecule has 4 rings (SSSR count). The highest BCUT2D eigenvalue weighted by atomic mass is 16.5. The van der Waals surface area contributed by atoms with Crippen LogP contribution >= 0.6 is 0 Å². The lowest BCUT2D eigenvalue weighted by Gasteiger charge is -2.34. The van der Waals surface area contributed by atoms with Crippen molar-refractivity contribution in [3.8, 4) is 17.6 Å². The first-order chi connectivity index (χ1) is 13.7. The summed E-state index contributed by atoms with van der Waals surface area (Å²) in [6.07, 6.45) is 0.991. The number of nitriles is 1. The molecule has 0 unspecified atom stereocenters. The van der Waals surface area contributed by atoms with E-state index in [2.05, 4.69) is 29.2 Å². The third-order valence-electron chi connectivity index (χ3n) is 5.23. The second-order valence-corrected chi connectivity index (χ2v) is 7.12. The Morgan fingerprint density at radius 1 is 1.11 bits per heavy atom. The van der Waals surface area contributed by atoms with Crippen LogP contribution in [-0.2, 0) is 17.8 Å². The van der Waals surface area contributed by atoms with Gasteiger partial charge in [0, 0.05) is 39.1 Å². The molecule has 6 heteroatoms. The maximum atomic E-state index is 12.4. The monoisotopic (exact) mass is 377 g/mol. The predicted molar refractivity (Wildman–Crippen MR) is 104 cm³/mol. The van der Waals surface area contributed by atoms with Crippen LogP contribution in [-0.4, -0.2) is 55.1 Å². The molecular weight excluding hydrogens is 354 g/mol. The van der Waals surface area contributed by atoms with E-state index in [-0.39, 0.29) is 12.5 Å². The maximum absolute atomic E-state index is 12.4. The number of carbonyl (C=O) groups excluding carboxylic acids is 1. The lowest BCUT2D eigenvalue weighted by molar-refractivity contribution is -0.135. The van der Waals surface area contributed by atoms with Gasteiger partial charge in [0.15, 0.2) is 6.61 Å². The van der Waals surface area contributed by atoms with Crippen molar-refractivity contribution >= 4 is 5.91 Å².